The summed E-state index contributed by atoms with van der Waals surface area (Å²) in [6, 6.07) is 2.03. The quantitative estimate of drug-likeness (QED) is 0.829. The molecule has 2 atom stereocenters. The van der Waals surface area contributed by atoms with Gasteiger partial charge >= 0.3 is 0 Å². The van der Waals surface area contributed by atoms with Crippen LogP contribution in [0.25, 0.3) is 0 Å². The molecule has 0 amide bonds. The fourth-order valence-corrected chi connectivity index (χ4v) is 2.32. The van der Waals surface area contributed by atoms with Crippen molar-refractivity contribution in [2.45, 2.75) is 39.3 Å². The van der Waals surface area contributed by atoms with E-state index >= 15 is 0 Å². The summed E-state index contributed by atoms with van der Waals surface area (Å²) < 4.78 is 5.56. The molecule has 0 aliphatic carbocycles. The van der Waals surface area contributed by atoms with Crippen molar-refractivity contribution < 1.29 is 9.53 Å². The lowest BCUT2D eigenvalue weighted by molar-refractivity contribution is 0.0913. The maximum atomic E-state index is 12.4. The number of pyridine rings is 1. The van der Waals surface area contributed by atoms with Gasteiger partial charge in [0.15, 0.2) is 5.78 Å². The summed E-state index contributed by atoms with van der Waals surface area (Å²) in [5, 5.41) is 3.29. The van der Waals surface area contributed by atoms with Crippen molar-refractivity contribution >= 4 is 5.78 Å². The highest BCUT2D eigenvalue weighted by Gasteiger charge is 2.30. The second-order valence-corrected chi connectivity index (χ2v) is 5.08. The lowest BCUT2D eigenvalue weighted by Crippen LogP contribution is -2.28. The summed E-state index contributed by atoms with van der Waals surface area (Å²) in [5.41, 5.74) is 0.647. The summed E-state index contributed by atoms with van der Waals surface area (Å²) in [4.78, 5) is 16.4. The summed E-state index contributed by atoms with van der Waals surface area (Å²) in [5.74, 6) is 0.879. The number of rotatable bonds is 4. The molecule has 0 spiro atoms. The molecular formula is C14H20N2O2. The van der Waals surface area contributed by atoms with Crippen LogP contribution in [0, 0.1) is 5.92 Å². The molecule has 1 aliphatic rings. The number of carbonyl (C=O) groups excluding carboxylic acids is 1. The van der Waals surface area contributed by atoms with Crippen molar-refractivity contribution in [2.75, 3.05) is 6.54 Å². The van der Waals surface area contributed by atoms with Gasteiger partial charge in [0, 0.05) is 23.7 Å². The third kappa shape index (κ3) is 2.88. The molecular weight excluding hydrogens is 228 g/mol. The molecule has 0 aromatic carbocycles. The molecule has 2 heterocycles. The Labute approximate surface area is 108 Å². The van der Waals surface area contributed by atoms with Crippen molar-refractivity contribution in [2.24, 2.45) is 5.92 Å². The van der Waals surface area contributed by atoms with Crippen LogP contribution in [-0.4, -0.2) is 29.5 Å². The predicted molar refractivity (Wildman–Crippen MR) is 69.9 cm³/mol. The number of ketones is 1. The molecule has 98 valence electrons. The number of aromatic nitrogens is 1. The van der Waals surface area contributed by atoms with Crippen molar-refractivity contribution in [1.29, 1.82) is 0 Å². The van der Waals surface area contributed by atoms with Crippen LogP contribution in [0.4, 0.5) is 0 Å². The maximum absolute atomic E-state index is 12.4. The van der Waals surface area contributed by atoms with E-state index in [4.69, 9.17) is 4.74 Å². The molecule has 1 aromatic heterocycles. The van der Waals surface area contributed by atoms with Crippen molar-refractivity contribution in [3.8, 4) is 5.75 Å². The Hall–Kier alpha value is -1.42. The molecule has 1 saturated heterocycles. The zero-order valence-corrected chi connectivity index (χ0v) is 11.1. The minimum absolute atomic E-state index is 0.0566. The van der Waals surface area contributed by atoms with Crippen molar-refractivity contribution in [3.63, 3.8) is 0 Å². The third-order valence-electron chi connectivity index (χ3n) is 3.23. The minimum Gasteiger partial charge on any atom is -0.489 e. The molecule has 0 saturated carbocycles. The number of nitrogens with zero attached hydrogens (tertiary/aromatic N) is 1. The smallest absolute Gasteiger partial charge is 0.169 e. The van der Waals surface area contributed by atoms with Crippen LogP contribution in [0.2, 0.25) is 0 Å². The molecule has 0 radical (unpaired) electrons. The first-order chi connectivity index (χ1) is 8.58. The van der Waals surface area contributed by atoms with Gasteiger partial charge in [-0.05, 0) is 39.8 Å². The second kappa shape index (κ2) is 5.48. The van der Waals surface area contributed by atoms with Crippen LogP contribution >= 0.6 is 0 Å². The van der Waals surface area contributed by atoms with Gasteiger partial charge in [-0.1, -0.05) is 0 Å². The Bertz CT molecular complexity index is 432. The first-order valence-corrected chi connectivity index (χ1v) is 6.47. The highest BCUT2D eigenvalue weighted by atomic mass is 16.5. The van der Waals surface area contributed by atoms with E-state index in [0.717, 1.165) is 13.0 Å². The molecule has 2 unspecified atom stereocenters. The monoisotopic (exact) mass is 248 g/mol. The fourth-order valence-electron chi connectivity index (χ4n) is 2.32. The summed E-state index contributed by atoms with van der Waals surface area (Å²) in [6.07, 6.45) is 4.26. The van der Waals surface area contributed by atoms with Crippen molar-refractivity contribution in [1.82, 2.24) is 10.3 Å². The van der Waals surface area contributed by atoms with Gasteiger partial charge in [0.1, 0.15) is 5.75 Å². The highest BCUT2D eigenvalue weighted by Crippen LogP contribution is 2.22. The molecule has 0 bridgehead atoms. The van der Waals surface area contributed by atoms with Gasteiger partial charge in [-0.3, -0.25) is 9.78 Å². The van der Waals surface area contributed by atoms with Gasteiger partial charge < -0.3 is 10.1 Å². The van der Waals surface area contributed by atoms with Gasteiger partial charge in [-0.2, -0.15) is 0 Å². The van der Waals surface area contributed by atoms with Crippen molar-refractivity contribution in [3.05, 3.63) is 24.0 Å². The Morgan fingerprint density at radius 1 is 1.50 bits per heavy atom. The SMILES string of the molecule is CC(C)Oc1cncc(C(=O)C2CCNC2C)c1. The van der Waals surface area contributed by atoms with Gasteiger partial charge in [-0.15, -0.1) is 0 Å². The molecule has 4 heteroatoms. The van der Waals surface area contributed by atoms with Gasteiger partial charge in [0.2, 0.25) is 0 Å². The lowest BCUT2D eigenvalue weighted by Gasteiger charge is -2.14. The second-order valence-electron chi connectivity index (χ2n) is 5.08. The van der Waals surface area contributed by atoms with Crippen LogP contribution in [0.1, 0.15) is 37.6 Å². The van der Waals surface area contributed by atoms with E-state index in [2.05, 4.69) is 17.2 Å². The van der Waals surface area contributed by atoms with E-state index in [9.17, 15) is 4.79 Å². The van der Waals surface area contributed by atoms with E-state index in [-0.39, 0.29) is 23.8 Å². The third-order valence-corrected chi connectivity index (χ3v) is 3.23. The topological polar surface area (TPSA) is 51.2 Å². The maximum Gasteiger partial charge on any atom is 0.169 e. The van der Waals surface area contributed by atoms with Crippen LogP contribution in [-0.2, 0) is 0 Å². The molecule has 1 aromatic rings. The molecule has 1 N–H and O–H groups in total. The predicted octanol–water partition coefficient (Wildman–Crippen LogP) is 2.05. The fraction of sp³-hybridized carbons (Fsp3) is 0.571. The van der Waals surface area contributed by atoms with Crippen LogP contribution in [0.3, 0.4) is 0 Å². The molecule has 2 rings (SSSR count). The van der Waals surface area contributed by atoms with E-state index < -0.39 is 0 Å². The number of Topliss-reactive ketones (excluding diaryl/α,β-unsaturated/α-hetero) is 1. The lowest BCUT2D eigenvalue weighted by atomic mass is 9.93. The Balaban J connectivity index is 2.15. The van der Waals surface area contributed by atoms with Crippen LogP contribution in [0.15, 0.2) is 18.5 Å². The largest absolute Gasteiger partial charge is 0.489 e. The number of hydrogen-bond acceptors (Lipinski definition) is 4. The van der Waals surface area contributed by atoms with E-state index in [0.29, 0.717) is 11.3 Å². The van der Waals surface area contributed by atoms with E-state index in [1.165, 1.54) is 0 Å². The highest BCUT2D eigenvalue weighted by molar-refractivity contribution is 5.98. The molecule has 1 aliphatic heterocycles. The Kier molecular flexibility index (Phi) is 3.97. The number of hydrogen-bond donors (Lipinski definition) is 1. The summed E-state index contributed by atoms with van der Waals surface area (Å²) in [7, 11) is 0. The van der Waals surface area contributed by atoms with Crippen LogP contribution in [0.5, 0.6) is 5.75 Å². The standard InChI is InChI=1S/C14H20N2O2/c1-9(2)18-12-6-11(7-15-8-12)14(17)13-4-5-16-10(13)3/h6-10,13,16H,4-5H2,1-3H3. The summed E-state index contributed by atoms with van der Waals surface area (Å²) in [6.45, 7) is 6.87. The molecule has 4 nitrogen and oxygen atoms in total. The Morgan fingerprint density at radius 3 is 2.89 bits per heavy atom. The average Bonchev–Trinajstić information content (AvgIpc) is 2.74. The normalized spacial score (nSPS) is 23.3. The van der Waals surface area contributed by atoms with Gasteiger partial charge in [0.05, 0.1) is 12.3 Å². The minimum atomic E-state index is 0.0566. The van der Waals surface area contributed by atoms with Gasteiger partial charge in [-0.25, -0.2) is 0 Å². The number of ether oxygens (including phenoxy) is 1. The molecule has 1 fully saturated rings. The van der Waals surface area contributed by atoms with Gasteiger partial charge in [0.25, 0.3) is 0 Å². The van der Waals surface area contributed by atoms with Crippen LogP contribution < -0.4 is 10.1 Å². The molecule has 18 heavy (non-hydrogen) atoms. The average molecular weight is 248 g/mol. The van der Waals surface area contributed by atoms with E-state index in [1.807, 2.05) is 13.8 Å². The zero-order chi connectivity index (χ0) is 13.1. The first kappa shape index (κ1) is 13.0. The zero-order valence-electron chi connectivity index (χ0n) is 11.1. The van der Waals surface area contributed by atoms with E-state index in [1.54, 1.807) is 18.5 Å². The first-order valence-electron chi connectivity index (χ1n) is 6.47. The number of nitrogens with one attached hydrogen (secondary N) is 1. The summed E-state index contributed by atoms with van der Waals surface area (Å²) >= 11 is 0. The Morgan fingerprint density at radius 2 is 2.28 bits per heavy atom. The number of carbonyl (C=O) groups is 1.